The molecule has 27 heavy (non-hydrogen) atoms. The Labute approximate surface area is 174 Å². The zero-order valence-electron chi connectivity index (χ0n) is 14.0. The first-order valence-electron chi connectivity index (χ1n) is 8.14. The molecule has 8 heteroatoms. The minimum atomic E-state index is -0.282. The Hall–Kier alpha value is -1.79. The number of benzene rings is 2. The van der Waals surface area contributed by atoms with Crippen molar-refractivity contribution in [2.24, 2.45) is 0 Å². The monoisotopic (exact) mass is 438 g/mol. The van der Waals surface area contributed by atoms with Gasteiger partial charge in [0, 0.05) is 20.8 Å². The van der Waals surface area contributed by atoms with Crippen LogP contribution in [0.5, 0.6) is 0 Å². The standard InChI is InChI=1S/C19H13Cl3N2O2S/c1-8(9-2-3-13-10(4-9)5-15(25)24-13)23-19(26)18-17(22)16-12(21)6-11(20)7-14(16)27-18/h2-4,6-8H,5H2,1H3,(H,23,26)(H,24,25)/t8-/m0/s1. The molecule has 1 aromatic heterocycles. The number of fused-ring (bicyclic) bond motifs is 2. The molecule has 0 fully saturated rings. The van der Waals surface area contributed by atoms with Crippen LogP contribution < -0.4 is 10.6 Å². The minimum absolute atomic E-state index is 0.0218. The average Bonchev–Trinajstić information content (AvgIpc) is 3.12. The third-order valence-corrected chi connectivity index (χ3v) is 6.60. The summed E-state index contributed by atoms with van der Waals surface area (Å²) in [4.78, 5) is 24.7. The van der Waals surface area contributed by atoms with Crippen molar-refractivity contribution in [2.75, 3.05) is 5.32 Å². The largest absolute Gasteiger partial charge is 0.345 e. The van der Waals surface area contributed by atoms with E-state index in [-0.39, 0.29) is 17.9 Å². The normalized spacial score (nSPS) is 14.1. The Kier molecular flexibility index (Phi) is 4.80. The van der Waals surface area contributed by atoms with E-state index >= 15 is 0 Å². The van der Waals surface area contributed by atoms with Crippen LogP contribution in [0.1, 0.15) is 33.8 Å². The third-order valence-electron chi connectivity index (χ3n) is 4.46. The molecule has 0 saturated carbocycles. The van der Waals surface area contributed by atoms with E-state index in [2.05, 4.69) is 10.6 Å². The molecule has 0 spiro atoms. The predicted molar refractivity (Wildman–Crippen MR) is 112 cm³/mol. The van der Waals surface area contributed by atoms with Crippen LogP contribution in [0.3, 0.4) is 0 Å². The molecule has 2 heterocycles. The van der Waals surface area contributed by atoms with Gasteiger partial charge in [0.15, 0.2) is 0 Å². The number of thiophene rings is 1. The second-order valence-corrected chi connectivity index (χ2v) is 8.62. The minimum Gasteiger partial charge on any atom is -0.345 e. The Balaban J connectivity index is 1.60. The van der Waals surface area contributed by atoms with Crippen molar-refractivity contribution in [3.8, 4) is 0 Å². The summed E-state index contributed by atoms with van der Waals surface area (Å²) in [5.74, 6) is -0.304. The molecule has 2 N–H and O–H groups in total. The van der Waals surface area contributed by atoms with Gasteiger partial charge in [-0.15, -0.1) is 11.3 Å². The van der Waals surface area contributed by atoms with Crippen molar-refractivity contribution in [1.82, 2.24) is 5.32 Å². The molecule has 1 aliphatic heterocycles. The maximum Gasteiger partial charge on any atom is 0.263 e. The van der Waals surface area contributed by atoms with Crippen LogP contribution in [0.2, 0.25) is 15.1 Å². The van der Waals surface area contributed by atoms with E-state index in [1.165, 1.54) is 11.3 Å². The van der Waals surface area contributed by atoms with Crippen LogP contribution in [0.25, 0.3) is 10.1 Å². The Morgan fingerprint density at radius 3 is 2.78 bits per heavy atom. The number of rotatable bonds is 3. The summed E-state index contributed by atoms with van der Waals surface area (Å²) in [6.07, 6.45) is 0.352. The zero-order valence-corrected chi connectivity index (χ0v) is 17.1. The van der Waals surface area contributed by atoms with Gasteiger partial charge >= 0.3 is 0 Å². The van der Waals surface area contributed by atoms with Crippen molar-refractivity contribution in [2.45, 2.75) is 19.4 Å². The van der Waals surface area contributed by atoms with Crippen molar-refractivity contribution in [1.29, 1.82) is 0 Å². The van der Waals surface area contributed by atoms with Crippen LogP contribution >= 0.6 is 46.1 Å². The predicted octanol–water partition coefficient (Wildman–Crippen LogP) is 5.85. The van der Waals surface area contributed by atoms with E-state index in [4.69, 9.17) is 34.8 Å². The van der Waals surface area contributed by atoms with Gasteiger partial charge in [0.25, 0.3) is 5.91 Å². The number of nitrogens with one attached hydrogen (secondary N) is 2. The SMILES string of the molecule is C[C@H](NC(=O)c1sc2cc(Cl)cc(Cl)c2c1Cl)c1ccc2c(c1)CC(=O)N2. The van der Waals surface area contributed by atoms with E-state index in [9.17, 15) is 9.59 Å². The quantitative estimate of drug-likeness (QED) is 0.538. The van der Waals surface area contributed by atoms with Crippen molar-refractivity contribution >= 4 is 73.7 Å². The number of hydrogen-bond acceptors (Lipinski definition) is 3. The van der Waals surface area contributed by atoms with E-state index < -0.39 is 0 Å². The fourth-order valence-electron chi connectivity index (χ4n) is 3.12. The van der Waals surface area contributed by atoms with Crippen LogP contribution in [0.15, 0.2) is 30.3 Å². The smallest absolute Gasteiger partial charge is 0.263 e. The van der Waals surface area contributed by atoms with Crippen LogP contribution in [-0.4, -0.2) is 11.8 Å². The maximum atomic E-state index is 12.8. The van der Waals surface area contributed by atoms with Gasteiger partial charge < -0.3 is 10.6 Å². The van der Waals surface area contributed by atoms with Crippen molar-refractivity contribution in [3.05, 3.63) is 61.4 Å². The van der Waals surface area contributed by atoms with Gasteiger partial charge in [-0.2, -0.15) is 0 Å². The van der Waals surface area contributed by atoms with Gasteiger partial charge in [0.2, 0.25) is 5.91 Å². The molecule has 138 valence electrons. The molecule has 4 nitrogen and oxygen atoms in total. The number of anilines is 1. The lowest BCUT2D eigenvalue weighted by Crippen LogP contribution is -2.26. The molecule has 0 radical (unpaired) electrons. The molecule has 0 bridgehead atoms. The molecule has 2 amide bonds. The first kappa shape index (κ1) is 18.6. The number of amides is 2. The Bertz CT molecular complexity index is 1110. The molecule has 0 unspecified atom stereocenters. The molecule has 2 aromatic carbocycles. The van der Waals surface area contributed by atoms with E-state index in [0.717, 1.165) is 21.5 Å². The fourth-order valence-corrected chi connectivity index (χ4v) is 5.40. The highest BCUT2D eigenvalue weighted by Gasteiger charge is 2.23. The van der Waals surface area contributed by atoms with Gasteiger partial charge in [-0.25, -0.2) is 0 Å². The van der Waals surface area contributed by atoms with Crippen LogP contribution in [-0.2, 0) is 11.2 Å². The lowest BCUT2D eigenvalue weighted by molar-refractivity contribution is -0.115. The third kappa shape index (κ3) is 3.41. The van der Waals surface area contributed by atoms with Gasteiger partial charge in [-0.1, -0.05) is 46.9 Å². The summed E-state index contributed by atoms with van der Waals surface area (Å²) < 4.78 is 0.762. The van der Waals surface area contributed by atoms with Gasteiger partial charge in [0.05, 0.1) is 22.5 Å². The van der Waals surface area contributed by atoms with E-state index in [1.807, 2.05) is 25.1 Å². The molecular formula is C19H13Cl3N2O2S. The second-order valence-electron chi connectivity index (χ2n) is 6.34. The lowest BCUT2D eigenvalue weighted by Gasteiger charge is -2.15. The van der Waals surface area contributed by atoms with Crippen molar-refractivity contribution < 1.29 is 9.59 Å². The summed E-state index contributed by atoms with van der Waals surface area (Å²) in [7, 11) is 0. The summed E-state index contributed by atoms with van der Waals surface area (Å²) in [6.45, 7) is 1.88. The number of carbonyl (C=O) groups excluding carboxylic acids is 2. The van der Waals surface area contributed by atoms with Crippen molar-refractivity contribution in [3.63, 3.8) is 0 Å². The highest BCUT2D eigenvalue weighted by atomic mass is 35.5. The maximum absolute atomic E-state index is 12.8. The summed E-state index contributed by atoms with van der Waals surface area (Å²) in [5.41, 5.74) is 2.66. The number of halogens is 3. The van der Waals surface area contributed by atoms with Crippen LogP contribution in [0, 0.1) is 0 Å². The molecule has 3 aromatic rings. The highest BCUT2D eigenvalue weighted by molar-refractivity contribution is 7.21. The van der Waals surface area contributed by atoms with Gasteiger partial charge in [-0.3, -0.25) is 9.59 Å². The molecule has 1 aliphatic rings. The number of carbonyl (C=O) groups is 2. The fraction of sp³-hybridized carbons (Fsp3) is 0.158. The molecule has 0 aliphatic carbocycles. The topological polar surface area (TPSA) is 58.2 Å². The Morgan fingerprint density at radius 2 is 2.00 bits per heavy atom. The molecule has 4 rings (SSSR count). The average molecular weight is 440 g/mol. The molecule has 0 saturated heterocycles. The second kappa shape index (κ2) is 6.99. The summed E-state index contributed by atoms with van der Waals surface area (Å²) in [5, 5.41) is 7.62. The molecule has 1 atom stereocenters. The Morgan fingerprint density at radius 1 is 1.22 bits per heavy atom. The van der Waals surface area contributed by atoms with E-state index in [0.29, 0.717) is 31.8 Å². The lowest BCUT2D eigenvalue weighted by atomic mass is 10.0. The summed E-state index contributed by atoms with van der Waals surface area (Å²) >= 11 is 19.9. The van der Waals surface area contributed by atoms with Gasteiger partial charge in [-0.05, 0) is 36.2 Å². The van der Waals surface area contributed by atoms with Crippen LogP contribution in [0.4, 0.5) is 5.69 Å². The number of hydrogen-bond donors (Lipinski definition) is 2. The molecular weight excluding hydrogens is 427 g/mol. The zero-order chi connectivity index (χ0) is 19.3. The van der Waals surface area contributed by atoms with E-state index in [1.54, 1.807) is 12.1 Å². The van der Waals surface area contributed by atoms with Gasteiger partial charge in [0.1, 0.15) is 4.88 Å². The first-order valence-corrected chi connectivity index (χ1v) is 10.1. The first-order chi connectivity index (χ1) is 12.8. The highest BCUT2D eigenvalue weighted by Crippen LogP contribution is 2.41. The summed E-state index contributed by atoms with van der Waals surface area (Å²) in [6, 6.07) is 8.77.